The molecule has 11 nitrogen and oxygen atoms in total. The van der Waals surface area contributed by atoms with E-state index in [9.17, 15) is 15.0 Å². The Balaban J connectivity index is 2.09. The number of aromatic amines is 1. The van der Waals surface area contributed by atoms with Gasteiger partial charge in [0.15, 0.2) is 17.4 Å². The number of aromatic nitrogens is 5. The van der Waals surface area contributed by atoms with Crippen LogP contribution in [0.25, 0.3) is 11.2 Å². The van der Waals surface area contributed by atoms with Gasteiger partial charge in [0, 0.05) is 0 Å². The smallest absolute Gasteiger partial charge is 0.282 e. The van der Waals surface area contributed by atoms with Gasteiger partial charge in [-0.1, -0.05) is 5.21 Å². The van der Waals surface area contributed by atoms with Crippen molar-refractivity contribution in [2.24, 2.45) is 0 Å². The van der Waals surface area contributed by atoms with Gasteiger partial charge in [-0.15, -0.1) is 5.10 Å². The molecule has 0 aromatic carbocycles. The Hall–Kier alpha value is -2.08. The highest BCUT2D eigenvalue weighted by Crippen LogP contribution is 2.29. The second kappa shape index (κ2) is 4.49. The number of rotatable bonds is 2. The summed E-state index contributed by atoms with van der Waals surface area (Å²) < 4.78 is 6.33. The van der Waals surface area contributed by atoms with Crippen LogP contribution >= 0.6 is 0 Å². The molecule has 2 aromatic rings. The van der Waals surface area contributed by atoms with Crippen molar-refractivity contribution in [1.82, 2.24) is 25.0 Å². The van der Waals surface area contributed by atoms with Crippen LogP contribution in [0.5, 0.6) is 0 Å². The normalized spacial score (nSPS) is 30.1. The molecule has 3 heterocycles. The highest BCUT2D eigenvalue weighted by Gasteiger charge is 2.44. The van der Waals surface area contributed by atoms with Crippen molar-refractivity contribution < 1.29 is 20.1 Å². The number of H-pyrrole nitrogens is 1. The predicted molar refractivity (Wildman–Crippen MR) is 63.4 cm³/mol. The number of fused-ring (bicyclic) bond motifs is 1. The molecule has 1 aliphatic rings. The van der Waals surface area contributed by atoms with Gasteiger partial charge in [0.1, 0.15) is 18.3 Å². The molecule has 0 bridgehead atoms. The molecular formula is C9H12N6O5. The van der Waals surface area contributed by atoms with E-state index in [0.29, 0.717) is 0 Å². The number of nitrogen functional groups attached to an aromatic ring is 1. The number of ether oxygens (including phenoxy) is 1. The summed E-state index contributed by atoms with van der Waals surface area (Å²) in [4.78, 5) is 17.7. The summed E-state index contributed by atoms with van der Waals surface area (Å²) in [5.74, 6) is -0.141. The van der Waals surface area contributed by atoms with Crippen LogP contribution in [0, 0.1) is 0 Å². The zero-order chi connectivity index (χ0) is 14.4. The third kappa shape index (κ3) is 1.76. The van der Waals surface area contributed by atoms with Crippen LogP contribution in [0.1, 0.15) is 6.23 Å². The zero-order valence-electron chi connectivity index (χ0n) is 10.0. The molecular weight excluding hydrogens is 272 g/mol. The van der Waals surface area contributed by atoms with E-state index in [-0.39, 0.29) is 17.1 Å². The van der Waals surface area contributed by atoms with E-state index in [0.717, 1.165) is 4.68 Å². The minimum absolute atomic E-state index is 0.0149. The Morgan fingerprint density at radius 2 is 2.15 bits per heavy atom. The molecule has 1 aliphatic heterocycles. The van der Waals surface area contributed by atoms with Gasteiger partial charge in [0.25, 0.3) is 5.56 Å². The van der Waals surface area contributed by atoms with Crippen molar-refractivity contribution in [2.75, 3.05) is 12.3 Å². The van der Waals surface area contributed by atoms with Crippen LogP contribution in [0.15, 0.2) is 4.79 Å². The summed E-state index contributed by atoms with van der Waals surface area (Å²) in [6.07, 6.45) is -4.72. The van der Waals surface area contributed by atoms with Gasteiger partial charge >= 0.3 is 0 Å². The van der Waals surface area contributed by atoms with Gasteiger partial charge in [-0.05, 0) is 0 Å². The van der Waals surface area contributed by atoms with Gasteiger partial charge in [-0.3, -0.25) is 9.78 Å². The zero-order valence-corrected chi connectivity index (χ0v) is 10.0. The molecule has 4 atom stereocenters. The van der Waals surface area contributed by atoms with E-state index >= 15 is 0 Å². The Kier molecular flexibility index (Phi) is 2.90. The Morgan fingerprint density at radius 1 is 1.40 bits per heavy atom. The lowest BCUT2D eigenvalue weighted by Gasteiger charge is -2.14. The molecule has 0 saturated carbocycles. The molecule has 11 heteroatoms. The van der Waals surface area contributed by atoms with E-state index in [1.165, 1.54) is 0 Å². The number of hydrogen-bond acceptors (Lipinski definition) is 9. The minimum Gasteiger partial charge on any atom is -0.394 e. The molecule has 0 unspecified atom stereocenters. The van der Waals surface area contributed by atoms with E-state index in [2.05, 4.69) is 20.3 Å². The number of nitrogens with two attached hydrogens (primary N) is 1. The average Bonchev–Trinajstić information content (AvgIpc) is 2.93. The molecule has 0 amide bonds. The van der Waals surface area contributed by atoms with E-state index in [4.69, 9.17) is 15.6 Å². The molecule has 108 valence electrons. The first-order valence-corrected chi connectivity index (χ1v) is 5.76. The maximum absolute atomic E-state index is 11.6. The number of hydrogen-bond donors (Lipinski definition) is 5. The van der Waals surface area contributed by atoms with Crippen LogP contribution in [0.2, 0.25) is 0 Å². The fraction of sp³-hybridized carbons (Fsp3) is 0.556. The standard InChI is InChI=1S/C9H12N6O5/c10-9-11-6-3(7(19)12-9)13-14-15(6)8-5(18)4(17)2(1-16)20-8/h2,4-5,8,16-18H,1H2,(H3,10,11,12,19)/t2-,4+,5+,8+/m0/s1. The van der Waals surface area contributed by atoms with Crippen LogP contribution < -0.4 is 11.3 Å². The number of anilines is 1. The first-order valence-electron chi connectivity index (χ1n) is 5.76. The number of aliphatic hydroxyl groups excluding tert-OH is 3. The van der Waals surface area contributed by atoms with E-state index in [1.807, 2.05) is 0 Å². The molecule has 3 rings (SSSR count). The first-order chi connectivity index (χ1) is 9.52. The lowest BCUT2D eigenvalue weighted by atomic mass is 10.1. The largest absolute Gasteiger partial charge is 0.394 e. The molecule has 0 spiro atoms. The highest BCUT2D eigenvalue weighted by molar-refractivity contribution is 5.69. The van der Waals surface area contributed by atoms with Gasteiger partial charge in [-0.2, -0.15) is 9.67 Å². The second-order valence-electron chi connectivity index (χ2n) is 4.39. The lowest BCUT2D eigenvalue weighted by molar-refractivity contribution is -0.0574. The second-order valence-corrected chi connectivity index (χ2v) is 4.39. The average molecular weight is 284 g/mol. The summed E-state index contributed by atoms with van der Waals surface area (Å²) in [7, 11) is 0. The van der Waals surface area contributed by atoms with Crippen molar-refractivity contribution in [1.29, 1.82) is 0 Å². The van der Waals surface area contributed by atoms with Gasteiger partial charge < -0.3 is 25.8 Å². The van der Waals surface area contributed by atoms with Crippen LogP contribution in [0.3, 0.4) is 0 Å². The van der Waals surface area contributed by atoms with Gasteiger partial charge in [0.05, 0.1) is 6.61 Å². The number of nitrogens with one attached hydrogen (secondary N) is 1. The summed E-state index contributed by atoms with van der Waals surface area (Å²) in [5.41, 5.74) is 4.80. The third-order valence-corrected chi connectivity index (χ3v) is 3.11. The Bertz CT molecular complexity index is 698. The van der Waals surface area contributed by atoms with Crippen molar-refractivity contribution in [3.05, 3.63) is 10.4 Å². The SMILES string of the molecule is Nc1nc2c(nnn2[C@@H]2O[C@@H](CO)[C@@H](O)[C@H]2O)c(=O)[nH]1. The minimum atomic E-state index is -1.35. The quantitative estimate of drug-likeness (QED) is 0.378. The molecule has 1 saturated heterocycles. The third-order valence-electron chi connectivity index (χ3n) is 3.11. The number of nitrogens with zero attached hydrogens (tertiary/aromatic N) is 4. The predicted octanol–water partition coefficient (Wildman–Crippen LogP) is -3.29. The topological polar surface area (TPSA) is 172 Å². The number of aliphatic hydroxyl groups is 3. The first kappa shape index (κ1) is 12.9. The van der Waals surface area contributed by atoms with Crippen LogP contribution in [-0.2, 0) is 4.74 Å². The molecule has 2 aromatic heterocycles. The fourth-order valence-electron chi connectivity index (χ4n) is 2.11. The molecule has 1 fully saturated rings. The maximum atomic E-state index is 11.6. The van der Waals surface area contributed by atoms with Crippen molar-refractivity contribution >= 4 is 17.1 Å². The van der Waals surface area contributed by atoms with Gasteiger partial charge in [-0.25, -0.2) is 0 Å². The monoisotopic (exact) mass is 284 g/mol. The Morgan fingerprint density at radius 3 is 2.80 bits per heavy atom. The van der Waals surface area contributed by atoms with Gasteiger partial charge in [0.2, 0.25) is 5.95 Å². The van der Waals surface area contributed by atoms with Crippen LogP contribution in [0.4, 0.5) is 5.95 Å². The van der Waals surface area contributed by atoms with Crippen LogP contribution in [-0.4, -0.2) is 65.2 Å². The Labute approximate surface area is 110 Å². The molecule has 6 N–H and O–H groups in total. The fourth-order valence-corrected chi connectivity index (χ4v) is 2.11. The van der Waals surface area contributed by atoms with Crippen molar-refractivity contribution in [2.45, 2.75) is 24.5 Å². The maximum Gasteiger partial charge on any atom is 0.282 e. The van der Waals surface area contributed by atoms with Crippen molar-refractivity contribution in [3.8, 4) is 0 Å². The summed E-state index contributed by atoms with van der Waals surface area (Å²) >= 11 is 0. The van der Waals surface area contributed by atoms with E-state index < -0.39 is 36.7 Å². The molecule has 0 radical (unpaired) electrons. The summed E-state index contributed by atoms with van der Waals surface area (Å²) in [6, 6.07) is 0. The van der Waals surface area contributed by atoms with E-state index in [1.54, 1.807) is 0 Å². The molecule has 0 aliphatic carbocycles. The highest BCUT2D eigenvalue weighted by atomic mass is 16.6. The summed E-state index contributed by atoms with van der Waals surface area (Å²) in [6.45, 7) is -0.475. The van der Waals surface area contributed by atoms with Crippen molar-refractivity contribution in [3.63, 3.8) is 0 Å². The lowest BCUT2D eigenvalue weighted by Crippen LogP contribution is -2.33. The molecule has 20 heavy (non-hydrogen) atoms. The summed E-state index contributed by atoms with van der Waals surface area (Å²) in [5, 5.41) is 36.0.